The lowest BCUT2D eigenvalue weighted by Crippen LogP contribution is -2.38. The Balaban J connectivity index is 3.73. The van der Waals surface area contributed by atoms with E-state index in [-0.39, 0.29) is 11.9 Å². The first-order chi connectivity index (χ1) is 6.10. The van der Waals surface area contributed by atoms with Gasteiger partial charge in [0.2, 0.25) is 5.91 Å². The monoisotopic (exact) mass is 204 g/mol. The van der Waals surface area contributed by atoms with Crippen LogP contribution in [0.15, 0.2) is 0 Å². The van der Waals surface area contributed by atoms with Crippen LogP contribution in [-0.4, -0.2) is 30.0 Å². The fourth-order valence-corrected chi connectivity index (χ4v) is 1.76. The van der Waals surface area contributed by atoms with E-state index >= 15 is 0 Å². The maximum atomic E-state index is 11.3. The van der Waals surface area contributed by atoms with Crippen molar-refractivity contribution in [2.24, 2.45) is 5.73 Å². The van der Waals surface area contributed by atoms with Crippen LogP contribution in [0.2, 0.25) is 0 Å². The zero-order valence-corrected chi connectivity index (χ0v) is 9.49. The fourth-order valence-electron chi connectivity index (χ4n) is 1.04. The molecule has 2 unspecified atom stereocenters. The van der Waals surface area contributed by atoms with Gasteiger partial charge < -0.3 is 11.1 Å². The smallest absolute Gasteiger partial charge is 0.221 e. The number of carbonyl (C=O) groups excluding carboxylic acids is 1. The molecule has 0 rings (SSSR count). The van der Waals surface area contributed by atoms with E-state index in [1.807, 2.05) is 13.2 Å². The first kappa shape index (κ1) is 12.8. The van der Waals surface area contributed by atoms with Gasteiger partial charge in [-0.1, -0.05) is 6.92 Å². The number of hydrogen-bond acceptors (Lipinski definition) is 3. The summed E-state index contributed by atoms with van der Waals surface area (Å²) in [6, 6.07) is 0.244. The van der Waals surface area contributed by atoms with Gasteiger partial charge in [0.15, 0.2) is 0 Å². The molecular weight excluding hydrogens is 184 g/mol. The van der Waals surface area contributed by atoms with E-state index < -0.39 is 0 Å². The van der Waals surface area contributed by atoms with Crippen molar-refractivity contribution in [3.63, 3.8) is 0 Å². The summed E-state index contributed by atoms with van der Waals surface area (Å²) in [6.45, 7) is 3.92. The summed E-state index contributed by atoms with van der Waals surface area (Å²) in [5.41, 5.74) is 5.52. The van der Waals surface area contributed by atoms with Gasteiger partial charge in [-0.05, 0) is 19.6 Å². The Morgan fingerprint density at radius 3 is 2.62 bits per heavy atom. The third-order valence-corrected chi connectivity index (χ3v) is 2.47. The van der Waals surface area contributed by atoms with E-state index in [0.29, 0.717) is 12.5 Å². The van der Waals surface area contributed by atoms with Gasteiger partial charge >= 0.3 is 0 Å². The molecule has 0 spiro atoms. The molecule has 0 aromatic carbocycles. The van der Waals surface area contributed by atoms with Crippen LogP contribution in [-0.2, 0) is 4.79 Å². The highest BCUT2D eigenvalue weighted by Crippen LogP contribution is 2.01. The summed E-state index contributed by atoms with van der Waals surface area (Å²) in [7, 11) is 0. The molecule has 3 N–H and O–H groups in total. The Morgan fingerprint density at radius 2 is 2.23 bits per heavy atom. The molecule has 0 aromatic rings. The van der Waals surface area contributed by atoms with Crippen molar-refractivity contribution in [3.05, 3.63) is 0 Å². The van der Waals surface area contributed by atoms with Crippen LogP contribution in [0.1, 0.15) is 26.7 Å². The highest BCUT2D eigenvalue weighted by Gasteiger charge is 2.10. The number of amides is 1. The van der Waals surface area contributed by atoms with Crippen molar-refractivity contribution in [1.29, 1.82) is 0 Å². The number of nitrogens with two attached hydrogens (primary N) is 1. The lowest BCUT2D eigenvalue weighted by atomic mass is 10.2. The average Bonchev–Trinajstić information content (AvgIpc) is 2.02. The predicted octanol–water partition coefficient (Wildman–Crippen LogP) is 0.981. The largest absolute Gasteiger partial charge is 0.353 e. The summed E-state index contributed by atoms with van der Waals surface area (Å²) in [4.78, 5) is 11.3. The second-order valence-corrected chi connectivity index (χ2v) is 4.22. The van der Waals surface area contributed by atoms with E-state index in [4.69, 9.17) is 5.73 Å². The summed E-state index contributed by atoms with van der Waals surface area (Å²) in [6.07, 6.45) is 3.44. The van der Waals surface area contributed by atoms with Crippen molar-refractivity contribution in [2.75, 3.05) is 12.0 Å². The molecule has 0 aliphatic carbocycles. The van der Waals surface area contributed by atoms with E-state index in [1.165, 1.54) is 0 Å². The maximum Gasteiger partial charge on any atom is 0.221 e. The van der Waals surface area contributed by atoms with Crippen LogP contribution in [0.3, 0.4) is 0 Å². The minimum Gasteiger partial charge on any atom is -0.353 e. The van der Waals surface area contributed by atoms with Gasteiger partial charge in [0, 0.05) is 24.3 Å². The second-order valence-electron chi connectivity index (χ2n) is 3.31. The van der Waals surface area contributed by atoms with Gasteiger partial charge in [-0.3, -0.25) is 4.79 Å². The van der Waals surface area contributed by atoms with Crippen molar-refractivity contribution in [3.8, 4) is 0 Å². The van der Waals surface area contributed by atoms with Crippen LogP contribution in [0.25, 0.3) is 0 Å². The van der Waals surface area contributed by atoms with Crippen molar-refractivity contribution in [2.45, 2.75) is 38.8 Å². The molecule has 0 fully saturated rings. The van der Waals surface area contributed by atoms with Gasteiger partial charge in [-0.25, -0.2) is 0 Å². The van der Waals surface area contributed by atoms with Crippen molar-refractivity contribution >= 4 is 17.7 Å². The molecule has 3 nitrogen and oxygen atoms in total. The molecule has 0 radical (unpaired) electrons. The number of thioether (sulfide) groups is 1. The first-order valence-corrected chi connectivity index (χ1v) is 6.03. The topological polar surface area (TPSA) is 55.1 Å². The molecule has 0 aromatic heterocycles. The van der Waals surface area contributed by atoms with Gasteiger partial charge in [-0.15, -0.1) is 0 Å². The van der Waals surface area contributed by atoms with Crippen molar-refractivity contribution in [1.82, 2.24) is 5.32 Å². The van der Waals surface area contributed by atoms with Gasteiger partial charge in [-0.2, -0.15) is 11.8 Å². The zero-order valence-electron chi connectivity index (χ0n) is 8.67. The van der Waals surface area contributed by atoms with E-state index in [9.17, 15) is 4.79 Å². The van der Waals surface area contributed by atoms with Gasteiger partial charge in [0.25, 0.3) is 0 Å². The normalized spacial score (nSPS) is 15.1. The van der Waals surface area contributed by atoms with Crippen LogP contribution < -0.4 is 11.1 Å². The molecular formula is C9H20N2OS. The number of rotatable bonds is 6. The lowest BCUT2D eigenvalue weighted by Gasteiger charge is -2.16. The molecule has 0 aliphatic rings. The Labute approximate surface area is 84.8 Å². The Bertz CT molecular complexity index is 151. The highest BCUT2D eigenvalue weighted by molar-refractivity contribution is 7.98. The number of hydrogen-bond donors (Lipinski definition) is 2. The molecule has 4 heteroatoms. The second kappa shape index (κ2) is 7.21. The Morgan fingerprint density at radius 1 is 1.62 bits per heavy atom. The summed E-state index contributed by atoms with van der Waals surface area (Å²) >= 11 is 1.75. The summed E-state index contributed by atoms with van der Waals surface area (Å²) in [5, 5.41) is 2.96. The van der Waals surface area contributed by atoms with Crippen LogP contribution in [0, 0.1) is 0 Å². The quantitative estimate of drug-likeness (QED) is 0.678. The molecule has 0 saturated heterocycles. The Hall–Kier alpha value is -0.220. The van der Waals surface area contributed by atoms with Crippen LogP contribution >= 0.6 is 11.8 Å². The molecule has 0 aliphatic heterocycles. The molecule has 1 amide bonds. The maximum absolute atomic E-state index is 11.3. The van der Waals surface area contributed by atoms with Crippen LogP contribution in [0.5, 0.6) is 0 Å². The fraction of sp³-hybridized carbons (Fsp3) is 0.889. The molecule has 2 atom stereocenters. The highest BCUT2D eigenvalue weighted by atomic mass is 32.2. The third-order valence-electron chi connectivity index (χ3n) is 1.73. The molecule has 78 valence electrons. The van der Waals surface area contributed by atoms with Crippen molar-refractivity contribution < 1.29 is 4.79 Å². The standard InChI is InChI=1S/C9H20N2OS/c1-4-8(6-13-3)11-9(12)5-7(2)10/h7-8H,4-6,10H2,1-3H3,(H,11,12). The SMILES string of the molecule is CCC(CSC)NC(=O)CC(C)N. The minimum atomic E-state index is -0.0493. The number of nitrogens with one attached hydrogen (secondary N) is 1. The van der Waals surface area contributed by atoms with Gasteiger partial charge in [0.05, 0.1) is 0 Å². The van der Waals surface area contributed by atoms with E-state index in [2.05, 4.69) is 12.2 Å². The van der Waals surface area contributed by atoms with Gasteiger partial charge in [0.1, 0.15) is 0 Å². The third kappa shape index (κ3) is 6.90. The number of carbonyl (C=O) groups is 1. The molecule has 0 bridgehead atoms. The summed E-state index contributed by atoms with van der Waals surface area (Å²) in [5.74, 6) is 1.04. The Kier molecular flexibility index (Phi) is 7.09. The van der Waals surface area contributed by atoms with E-state index in [0.717, 1.165) is 12.2 Å². The average molecular weight is 204 g/mol. The first-order valence-electron chi connectivity index (χ1n) is 4.64. The molecule has 13 heavy (non-hydrogen) atoms. The lowest BCUT2D eigenvalue weighted by molar-refractivity contribution is -0.121. The molecule has 0 saturated carbocycles. The molecule has 0 heterocycles. The minimum absolute atomic E-state index is 0.0493. The van der Waals surface area contributed by atoms with Crippen LogP contribution in [0.4, 0.5) is 0 Å². The predicted molar refractivity (Wildman–Crippen MR) is 58.9 cm³/mol. The zero-order chi connectivity index (χ0) is 10.3. The summed E-state index contributed by atoms with van der Waals surface area (Å²) < 4.78 is 0. The van der Waals surface area contributed by atoms with E-state index in [1.54, 1.807) is 11.8 Å².